The highest BCUT2D eigenvalue weighted by Crippen LogP contribution is 2.29. The van der Waals surface area contributed by atoms with E-state index in [1.165, 1.54) is 17.3 Å². The predicted molar refractivity (Wildman–Crippen MR) is 84.7 cm³/mol. The first-order chi connectivity index (χ1) is 9.80. The Balaban J connectivity index is 2.24. The summed E-state index contributed by atoms with van der Waals surface area (Å²) in [4.78, 5) is 11.2. The van der Waals surface area contributed by atoms with Crippen molar-refractivity contribution < 1.29 is 13.2 Å². The maximum absolute atomic E-state index is 12.7. The fraction of sp³-hybridized carbons (Fsp3) is 0.462. The van der Waals surface area contributed by atoms with E-state index in [0.29, 0.717) is 13.0 Å². The molecule has 1 atom stereocenters. The third kappa shape index (κ3) is 3.97. The third-order valence-electron chi connectivity index (χ3n) is 3.30. The predicted octanol–water partition coefficient (Wildman–Crippen LogP) is 2.39. The minimum atomic E-state index is -3.65. The average molecular weight is 396 g/mol. The number of nitrogens with zero attached hydrogens (tertiary/aromatic N) is 1. The number of nitrogens with one attached hydrogen (secondary N) is 1. The lowest BCUT2D eigenvalue weighted by Gasteiger charge is -2.32. The number of rotatable bonds is 3. The zero-order chi connectivity index (χ0) is 15.6. The molecular formula is C13H16BrClN2O3S. The van der Waals surface area contributed by atoms with Gasteiger partial charge in [-0.25, -0.2) is 8.42 Å². The van der Waals surface area contributed by atoms with Gasteiger partial charge < -0.3 is 5.32 Å². The van der Waals surface area contributed by atoms with Gasteiger partial charge in [0.15, 0.2) is 0 Å². The van der Waals surface area contributed by atoms with E-state index in [4.69, 9.17) is 11.6 Å². The number of benzene rings is 1. The fourth-order valence-electron chi connectivity index (χ4n) is 2.39. The Hall–Kier alpha value is -0.630. The molecule has 1 amide bonds. The molecule has 1 N–H and O–H groups in total. The van der Waals surface area contributed by atoms with Crippen LogP contribution in [0.2, 0.25) is 5.02 Å². The van der Waals surface area contributed by atoms with Crippen LogP contribution >= 0.6 is 27.5 Å². The molecule has 21 heavy (non-hydrogen) atoms. The number of carbonyl (C=O) groups excluding carboxylic acids is 1. The molecule has 1 heterocycles. The number of halogens is 2. The molecule has 0 spiro atoms. The van der Waals surface area contributed by atoms with Crippen LogP contribution in [0.5, 0.6) is 0 Å². The Bertz CT molecular complexity index is 651. The first kappa shape index (κ1) is 16.7. The van der Waals surface area contributed by atoms with Crippen LogP contribution in [0.25, 0.3) is 0 Å². The summed E-state index contributed by atoms with van der Waals surface area (Å²) in [5, 5.41) is 2.96. The minimum absolute atomic E-state index is 0.0934. The number of piperidine rings is 1. The van der Waals surface area contributed by atoms with E-state index < -0.39 is 10.0 Å². The van der Waals surface area contributed by atoms with E-state index >= 15 is 0 Å². The molecule has 0 aromatic heterocycles. The molecule has 0 aliphatic carbocycles. The molecule has 5 nitrogen and oxygen atoms in total. The average Bonchev–Trinajstić information content (AvgIpc) is 2.37. The van der Waals surface area contributed by atoms with Crippen LogP contribution in [0.3, 0.4) is 0 Å². The molecule has 0 saturated carbocycles. The number of hydrogen-bond donors (Lipinski definition) is 1. The highest BCUT2D eigenvalue weighted by Gasteiger charge is 2.31. The number of sulfonamides is 1. The molecular weight excluding hydrogens is 380 g/mol. The second-order valence-corrected chi connectivity index (χ2v) is 8.21. The van der Waals surface area contributed by atoms with Crippen molar-refractivity contribution in [1.29, 1.82) is 0 Å². The molecule has 1 aromatic rings. The summed E-state index contributed by atoms with van der Waals surface area (Å²) in [5.74, 6) is -0.152. The minimum Gasteiger partial charge on any atom is -0.352 e. The number of carbonyl (C=O) groups is 1. The lowest BCUT2D eigenvalue weighted by atomic mass is 10.1. The van der Waals surface area contributed by atoms with Gasteiger partial charge in [0.2, 0.25) is 15.9 Å². The van der Waals surface area contributed by atoms with Crippen LogP contribution in [0.1, 0.15) is 19.8 Å². The summed E-state index contributed by atoms with van der Waals surface area (Å²) in [5.41, 5.74) is 0. The van der Waals surface area contributed by atoms with Gasteiger partial charge in [-0.05, 0) is 31.0 Å². The molecule has 1 unspecified atom stereocenters. The summed E-state index contributed by atoms with van der Waals surface area (Å²) < 4.78 is 27.4. The Kier molecular flexibility index (Phi) is 5.29. The molecule has 1 aliphatic heterocycles. The normalized spacial score (nSPS) is 20.2. The molecule has 1 saturated heterocycles. The smallest absolute Gasteiger partial charge is 0.244 e. The molecule has 1 aliphatic rings. The van der Waals surface area contributed by atoms with Gasteiger partial charge in [-0.3, -0.25) is 4.79 Å². The summed E-state index contributed by atoms with van der Waals surface area (Å²) in [7, 11) is -3.65. The Morgan fingerprint density at radius 1 is 1.48 bits per heavy atom. The van der Waals surface area contributed by atoms with Gasteiger partial charge in [0.05, 0.1) is 5.02 Å². The SMILES string of the molecule is CC(=O)NC1CCCN(S(=O)(=O)c2ccc(Br)cc2Cl)C1. The third-order valence-corrected chi connectivity index (χ3v) is 6.14. The molecule has 1 fully saturated rings. The van der Waals surface area contributed by atoms with Crippen molar-refractivity contribution in [1.82, 2.24) is 9.62 Å². The van der Waals surface area contributed by atoms with Crippen molar-refractivity contribution in [2.24, 2.45) is 0 Å². The topological polar surface area (TPSA) is 66.5 Å². The van der Waals surface area contributed by atoms with Crippen molar-refractivity contribution in [3.63, 3.8) is 0 Å². The molecule has 1 aromatic carbocycles. The van der Waals surface area contributed by atoms with Gasteiger partial charge in [0.25, 0.3) is 0 Å². The zero-order valence-electron chi connectivity index (χ0n) is 11.5. The van der Waals surface area contributed by atoms with Gasteiger partial charge in [0, 0.05) is 30.5 Å². The molecule has 2 rings (SSSR count). The zero-order valence-corrected chi connectivity index (χ0v) is 14.6. The first-order valence-electron chi connectivity index (χ1n) is 6.53. The molecule has 0 radical (unpaired) electrons. The maximum atomic E-state index is 12.7. The lowest BCUT2D eigenvalue weighted by Crippen LogP contribution is -2.49. The maximum Gasteiger partial charge on any atom is 0.244 e. The van der Waals surface area contributed by atoms with E-state index in [2.05, 4.69) is 21.2 Å². The van der Waals surface area contributed by atoms with Crippen molar-refractivity contribution in [3.05, 3.63) is 27.7 Å². The summed E-state index contributed by atoms with van der Waals surface area (Å²) in [6.45, 7) is 2.14. The highest BCUT2D eigenvalue weighted by atomic mass is 79.9. The number of hydrogen-bond acceptors (Lipinski definition) is 3. The fourth-order valence-corrected chi connectivity index (χ4v) is 4.92. The Labute approximate surface area is 137 Å². The van der Waals surface area contributed by atoms with Gasteiger partial charge in [0.1, 0.15) is 4.90 Å². The first-order valence-corrected chi connectivity index (χ1v) is 9.14. The summed E-state index contributed by atoms with van der Waals surface area (Å²) in [6.07, 6.45) is 1.48. The second-order valence-electron chi connectivity index (χ2n) is 4.98. The van der Waals surface area contributed by atoms with Crippen molar-refractivity contribution in [2.75, 3.05) is 13.1 Å². The van der Waals surface area contributed by atoms with Crippen LogP contribution in [0.15, 0.2) is 27.6 Å². The van der Waals surface area contributed by atoms with E-state index in [1.54, 1.807) is 12.1 Å². The van der Waals surface area contributed by atoms with Crippen LogP contribution in [0.4, 0.5) is 0 Å². The highest BCUT2D eigenvalue weighted by molar-refractivity contribution is 9.10. The summed E-state index contributed by atoms with van der Waals surface area (Å²) >= 11 is 9.30. The van der Waals surface area contributed by atoms with Gasteiger partial charge >= 0.3 is 0 Å². The quantitative estimate of drug-likeness (QED) is 0.854. The Morgan fingerprint density at radius 3 is 2.81 bits per heavy atom. The molecule has 8 heteroatoms. The van der Waals surface area contributed by atoms with Gasteiger partial charge in [-0.2, -0.15) is 4.31 Å². The van der Waals surface area contributed by atoms with Crippen molar-refractivity contribution in [2.45, 2.75) is 30.7 Å². The molecule has 116 valence electrons. The van der Waals surface area contributed by atoms with E-state index in [-0.39, 0.29) is 28.4 Å². The van der Waals surface area contributed by atoms with Gasteiger partial charge in [-0.1, -0.05) is 27.5 Å². The Morgan fingerprint density at radius 2 is 2.19 bits per heavy atom. The van der Waals surface area contributed by atoms with Crippen LogP contribution in [-0.2, 0) is 14.8 Å². The van der Waals surface area contributed by atoms with Gasteiger partial charge in [-0.15, -0.1) is 0 Å². The monoisotopic (exact) mass is 394 g/mol. The van der Waals surface area contributed by atoms with Crippen molar-refractivity contribution in [3.8, 4) is 0 Å². The van der Waals surface area contributed by atoms with Crippen LogP contribution in [-0.4, -0.2) is 37.8 Å². The largest absolute Gasteiger partial charge is 0.352 e. The molecule has 0 bridgehead atoms. The lowest BCUT2D eigenvalue weighted by molar-refractivity contribution is -0.119. The van der Waals surface area contributed by atoms with E-state index in [9.17, 15) is 13.2 Å². The van der Waals surface area contributed by atoms with Crippen LogP contribution in [0, 0.1) is 0 Å². The summed E-state index contributed by atoms with van der Waals surface area (Å²) in [6, 6.07) is 4.54. The second kappa shape index (κ2) is 6.64. The number of amides is 1. The van der Waals surface area contributed by atoms with Crippen molar-refractivity contribution >= 4 is 43.5 Å². The standard InChI is InChI=1S/C13H16BrClN2O3S/c1-9(18)16-11-3-2-6-17(8-11)21(19,20)13-5-4-10(14)7-12(13)15/h4-5,7,11H,2-3,6,8H2,1H3,(H,16,18). The van der Waals surface area contributed by atoms with E-state index in [1.807, 2.05) is 0 Å². The van der Waals surface area contributed by atoms with E-state index in [0.717, 1.165) is 10.9 Å². The van der Waals surface area contributed by atoms with Crippen LogP contribution < -0.4 is 5.32 Å².